The number of unbranched alkanes of at least 4 members (excludes halogenated alkanes) is 2. The minimum Gasteiger partial charge on any atom is -0.316 e. The first kappa shape index (κ1) is 17.1. The van der Waals surface area contributed by atoms with Crippen LogP contribution in [0.1, 0.15) is 31.7 Å². The molecule has 4 nitrogen and oxygen atoms in total. The minimum absolute atomic E-state index is 0.246. The quantitative estimate of drug-likeness (QED) is 0.750. The first-order chi connectivity index (χ1) is 9.43. The van der Waals surface area contributed by atoms with Crippen LogP contribution in [0.2, 0.25) is 0 Å². The summed E-state index contributed by atoms with van der Waals surface area (Å²) in [5, 5.41) is 2.92. The molecule has 0 aliphatic heterocycles. The van der Waals surface area contributed by atoms with Gasteiger partial charge in [0, 0.05) is 20.1 Å². The van der Waals surface area contributed by atoms with Crippen molar-refractivity contribution in [2.45, 2.75) is 37.6 Å². The highest BCUT2D eigenvalue weighted by atomic mass is 32.2. The van der Waals surface area contributed by atoms with Crippen molar-refractivity contribution in [3.8, 4) is 0 Å². The Morgan fingerprint density at radius 1 is 1.30 bits per heavy atom. The van der Waals surface area contributed by atoms with E-state index in [-0.39, 0.29) is 4.90 Å². The van der Waals surface area contributed by atoms with Gasteiger partial charge < -0.3 is 5.32 Å². The molecule has 1 aromatic carbocycles. The van der Waals surface area contributed by atoms with E-state index >= 15 is 0 Å². The van der Waals surface area contributed by atoms with Crippen LogP contribution in [0.3, 0.4) is 0 Å². The normalized spacial score (nSPS) is 12.1. The van der Waals surface area contributed by atoms with Crippen LogP contribution < -0.4 is 5.32 Å². The van der Waals surface area contributed by atoms with Gasteiger partial charge >= 0.3 is 0 Å². The lowest BCUT2D eigenvalue weighted by Crippen LogP contribution is -2.29. The predicted molar refractivity (Wildman–Crippen MR) is 78.5 cm³/mol. The monoisotopic (exact) mass is 302 g/mol. The summed E-state index contributed by atoms with van der Waals surface area (Å²) < 4.78 is 39.8. The number of hydrogen-bond donors (Lipinski definition) is 1. The van der Waals surface area contributed by atoms with Crippen molar-refractivity contribution in [1.29, 1.82) is 0 Å². The van der Waals surface area contributed by atoms with E-state index in [0.717, 1.165) is 24.8 Å². The Balaban J connectivity index is 2.98. The molecule has 0 saturated heterocycles. The molecule has 1 aromatic rings. The number of sulfonamides is 1. The van der Waals surface area contributed by atoms with E-state index in [1.165, 1.54) is 23.5 Å². The number of nitrogens with one attached hydrogen (secondary N) is 1. The maximum absolute atomic E-state index is 13.8. The van der Waals surface area contributed by atoms with Crippen LogP contribution in [0.15, 0.2) is 23.1 Å². The average Bonchev–Trinajstić information content (AvgIpc) is 2.41. The summed E-state index contributed by atoms with van der Waals surface area (Å²) in [7, 11) is -0.507. The first-order valence-electron chi connectivity index (χ1n) is 6.82. The van der Waals surface area contributed by atoms with Crippen molar-refractivity contribution in [2.75, 3.05) is 20.6 Å². The predicted octanol–water partition coefficient (Wildman–Crippen LogP) is 2.36. The van der Waals surface area contributed by atoms with Crippen molar-refractivity contribution in [2.24, 2.45) is 0 Å². The molecule has 0 aliphatic rings. The maximum Gasteiger partial charge on any atom is 0.245 e. The number of nitrogens with zero attached hydrogens (tertiary/aromatic N) is 1. The third kappa shape index (κ3) is 4.26. The Morgan fingerprint density at radius 3 is 2.60 bits per heavy atom. The summed E-state index contributed by atoms with van der Waals surface area (Å²) in [6.45, 7) is 2.96. The molecule has 0 heterocycles. The molecule has 1 rings (SSSR count). The van der Waals surface area contributed by atoms with Gasteiger partial charge in [-0.3, -0.25) is 0 Å². The molecule has 0 fully saturated rings. The van der Waals surface area contributed by atoms with Crippen LogP contribution in [0, 0.1) is 5.82 Å². The molecule has 0 aromatic heterocycles. The second-order valence-corrected chi connectivity index (χ2v) is 6.84. The van der Waals surface area contributed by atoms with E-state index in [9.17, 15) is 12.8 Å². The van der Waals surface area contributed by atoms with Crippen LogP contribution in [-0.4, -0.2) is 33.4 Å². The molecule has 1 N–H and O–H groups in total. The molecule has 0 bridgehead atoms. The standard InChI is InChI=1S/C14H23FN2O2S/c1-4-5-6-9-17(3)20(18,19)14-10-12(11-16-2)7-8-13(14)15/h7-8,10,16H,4-6,9,11H2,1-3H3. The van der Waals surface area contributed by atoms with E-state index in [0.29, 0.717) is 13.1 Å². The van der Waals surface area contributed by atoms with Gasteiger partial charge in [-0.05, 0) is 31.2 Å². The van der Waals surface area contributed by atoms with Gasteiger partial charge in [-0.25, -0.2) is 17.1 Å². The number of rotatable bonds is 8. The van der Waals surface area contributed by atoms with Gasteiger partial charge in [-0.1, -0.05) is 25.8 Å². The molecule has 0 unspecified atom stereocenters. The highest BCUT2D eigenvalue weighted by molar-refractivity contribution is 7.89. The second-order valence-electron chi connectivity index (χ2n) is 4.83. The third-order valence-electron chi connectivity index (χ3n) is 3.14. The Kier molecular flexibility index (Phi) is 6.58. The highest BCUT2D eigenvalue weighted by Crippen LogP contribution is 2.20. The summed E-state index contributed by atoms with van der Waals surface area (Å²) in [5.41, 5.74) is 0.745. The van der Waals surface area contributed by atoms with Crippen molar-refractivity contribution in [3.63, 3.8) is 0 Å². The Morgan fingerprint density at radius 2 is 2.00 bits per heavy atom. The zero-order valence-electron chi connectivity index (χ0n) is 12.3. The third-order valence-corrected chi connectivity index (χ3v) is 5.01. The lowest BCUT2D eigenvalue weighted by Gasteiger charge is -2.18. The van der Waals surface area contributed by atoms with Crippen LogP contribution in [0.5, 0.6) is 0 Å². The van der Waals surface area contributed by atoms with Crippen molar-refractivity contribution in [3.05, 3.63) is 29.6 Å². The Labute approximate surface area is 121 Å². The maximum atomic E-state index is 13.8. The molecule has 0 atom stereocenters. The fourth-order valence-electron chi connectivity index (χ4n) is 1.93. The molecule has 0 spiro atoms. The van der Waals surface area contributed by atoms with Gasteiger partial charge in [0.2, 0.25) is 10.0 Å². The molecule has 0 saturated carbocycles. The molecule has 0 amide bonds. The van der Waals surface area contributed by atoms with Gasteiger partial charge in [0.05, 0.1) is 0 Å². The van der Waals surface area contributed by atoms with Gasteiger partial charge in [-0.15, -0.1) is 0 Å². The van der Waals surface area contributed by atoms with Gasteiger partial charge in [0.25, 0.3) is 0 Å². The summed E-state index contributed by atoms with van der Waals surface area (Å²) >= 11 is 0. The van der Waals surface area contributed by atoms with E-state index < -0.39 is 15.8 Å². The number of halogens is 1. The highest BCUT2D eigenvalue weighted by Gasteiger charge is 2.24. The van der Waals surface area contributed by atoms with Crippen LogP contribution in [0.25, 0.3) is 0 Å². The van der Waals surface area contributed by atoms with E-state index in [2.05, 4.69) is 12.2 Å². The SMILES string of the molecule is CCCCCN(C)S(=O)(=O)c1cc(CNC)ccc1F. The van der Waals surface area contributed by atoms with Gasteiger partial charge in [-0.2, -0.15) is 0 Å². The smallest absolute Gasteiger partial charge is 0.245 e. The van der Waals surface area contributed by atoms with E-state index in [1.807, 2.05) is 0 Å². The molecule has 114 valence electrons. The van der Waals surface area contributed by atoms with Crippen LogP contribution >= 0.6 is 0 Å². The van der Waals surface area contributed by atoms with Crippen molar-refractivity contribution < 1.29 is 12.8 Å². The second kappa shape index (κ2) is 7.71. The van der Waals surface area contributed by atoms with Crippen LogP contribution in [-0.2, 0) is 16.6 Å². The van der Waals surface area contributed by atoms with E-state index in [1.54, 1.807) is 13.1 Å². The van der Waals surface area contributed by atoms with Gasteiger partial charge in [0.1, 0.15) is 10.7 Å². The summed E-state index contributed by atoms with van der Waals surface area (Å²) in [6.07, 6.45) is 2.76. The number of benzene rings is 1. The fourth-order valence-corrected chi connectivity index (χ4v) is 3.25. The number of hydrogen-bond acceptors (Lipinski definition) is 3. The summed E-state index contributed by atoms with van der Waals surface area (Å²) in [5.74, 6) is -0.702. The summed E-state index contributed by atoms with van der Waals surface area (Å²) in [6, 6.07) is 4.19. The topological polar surface area (TPSA) is 49.4 Å². The average molecular weight is 302 g/mol. The molecule has 20 heavy (non-hydrogen) atoms. The molecular weight excluding hydrogens is 279 g/mol. The fraction of sp³-hybridized carbons (Fsp3) is 0.571. The van der Waals surface area contributed by atoms with Crippen LogP contribution in [0.4, 0.5) is 4.39 Å². The lowest BCUT2D eigenvalue weighted by molar-refractivity contribution is 0.448. The first-order valence-corrected chi connectivity index (χ1v) is 8.26. The zero-order valence-corrected chi connectivity index (χ0v) is 13.1. The summed E-state index contributed by atoms with van der Waals surface area (Å²) in [4.78, 5) is -0.246. The molecular formula is C14H23FN2O2S. The molecule has 0 radical (unpaired) electrons. The zero-order chi connectivity index (χ0) is 15.2. The largest absolute Gasteiger partial charge is 0.316 e. The minimum atomic E-state index is -3.76. The van der Waals surface area contributed by atoms with E-state index in [4.69, 9.17) is 0 Å². The van der Waals surface area contributed by atoms with Gasteiger partial charge in [0.15, 0.2) is 0 Å². The van der Waals surface area contributed by atoms with Crippen molar-refractivity contribution in [1.82, 2.24) is 9.62 Å². The Hall–Kier alpha value is -0.980. The lowest BCUT2D eigenvalue weighted by atomic mass is 10.2. The molecule has 0 aliphatic carbocycles. The Bertz CT molecular complexity index is 532. The molecule has 6 heteroatoms. The van der Waals surface area contributed by atoms with Crippen molar-refractivity contribution >= 4 is 10.0 Å².